The highest BCUT2D eigenvalue weighted by Gasteiger charge is 2.23. The van der Waals surface area contributed by atoms with E-state index in [1.807, 2.05) is 26.0 Å². The number of benzene rings is 1. The van der Waals surface area contributed by atoms with Gasteiger partial charge < -0.3 is 10.1 Å². The van der Waals surface area contributed by atoms with Crippen LogP contribution in [0.15, 0.2) is 35.4 Å². The second-order valence-electron chi connectivity index (χ2n) is 7.95. The van der Waals surface area contributed by atoms with Gasteiger partial charge in [-0.25, -0.2) is 4.98 Å². The summed E-state index contributed by atoms with van der Waals surface area (Å²) in [5.74, 6) is 1.13. The third-order valence-electron chi connectivity index (χ3n) is 5.11. The maximum Gasteiger partial charge on any atom is 0.262 e. The summed E-state index contributed by atoms with van der Waals surface area (Å²) in [7, 11) is 0. The molecule has 0 aliphatic heterocycles. The first-order valence-corrected chi connectivity index (χ1v) is 10.8. The van der Waals surface area contributed by atoms with Crippen molar-refractivity contribution in [2.75, 3.05) is 5.32 Å². The lowest BCUT2D eigenvalue weighted by Gasteiger charge is -2.17. The number of thiophene rings is 1. The SMILES string of the molecule is CC(C)Oc1ccc(NC(=O)Cn2cnc3sc4c(c3c2=O)CC[C@H](C)C4)cc1. The number of rotatable bonds is 5. The molecule has 0 saturated carbocycles. The Morgan fingerprint density at radius 1 is 1.34 bits per heavy atom. The Labute approximate surface area is 173 Å². The maximum absolute atomic E-state index is 13.0. The molecule has 0 spiro atoms. The highest BCUT2D eigenvalue weighted by molar-refractivity contribution is 7.18. The number of fused-ring (bicyclic) bond motifs is 3. The van der Waals surface area contributed by atoms with Crippen molar-refractivity contribution < 1.29 is 9.53 Å². The third-order valence-corrected chi connectivity index (χ3v) is 6.27. The first-order valence-electron chi connectivity index (χ1n) is 9.97. The summed E-state index contributed by atoms with van der Waals surface area (Å²) in [6.45, 7) is 6.10. The molecule has 0 bridgehead atoms. The van der Waals surface area contributed by atoms with Crippen molar-refractivity contribution >= 4 is 33.1 Å². The third kappa shape index (κ3) is 4.19. The summed E-state index contributed by atoms with van der Waals surface area (Å²) in [5.41, 5.74) is 1.67. The van der Waals surface area contributed by atoms with E-state index < -0.39 is 0 Å². The van der Waals surface area contributed by atoms with Gasteiger partial charge in [-0.15, -0.1) is 11.3 Å². The van der Waals surface area contributed by atoms with Crippen molar-refractivity contribution in [1.82, 2.24) is 9.55 Å². The molecule has 1 amide bonds. The fraction of sp³-hybridized carbons (Fsp3) is 0.409. The molecular weight excluding hydrogens is 386 g/mol. The van der Waals surface area contributed by atoms with Crippen LogP contribution < -0.4 is 15.6 Å². The Morgan fingerprint density at radius 3 is 2.83 bits per heavy atom. The minimum atomic E-state index is -0.261. The van der Waals surface area contributed by atoms with Crippen molar-refractivity contribution in [3.8, 4) is 5.75 Å². The molecule has 0 radical (unpaired) electrons. The van der Waals surface area contributed by atoms with Gasteiger partial charge in [-0.2, -0.15) is 0 Å². The number of amides is 1. The van der Waals surface area contributed by atoms with Crippen molar-refractivity contribution in [2.24, 2.45) is 5.92 Å². The van der Waals surface area contributed by atoms with Gasteiger partial charge in [0.25, 0.3) is 5.56 Å². The van der Waals surface area contributed by atoms with Gasteiger partial charge in [0.1, 0.15) is 17.1 Å². The van der Waals surface area contributed by atoms with Crippen LogP contribution in [0.3, 0.4) is 0 Å². The Hall–Kier alpha value is -2.67. The molecule has 29 heavy (non-hydrogen) atoms. The van der Waals surface area contributed by atoms with Gasteiger partial charge in [-0.05, 0) is 68.9 Å². The summed E-state index contributed by atoms with van der Waals surface area (Å²) in [6.07, 6.45) is 4.58. The molecule has 1 aliphatic rings. The summed E-state index contributed by atoms with van der Waals surface area (Å²) < 4.78 is 7.01. The minimum absolute atomic E-state index is 0.0625. The van der Waals surface area contributed by atoms with E-state index in [0.29, 0.717) is 17.0 Å². The van der Waals surface area contributed by atoms with Gasteiger partial charge in [0.2, 0.25) is 5.91 Å². The lowest BCUT2D eigenvalue weighted by molar-refractivity contribution is -0.116. The van der Waals surface area contributed by atoms with Crippen LogP contribution in [0.2, 0.25) is 0 Å². The van der Waals surface area contributed by atoms with Gasteiger partial charge in [0.15, 0.2) is 0 Å². The second-order valence-corrected chi connectivity index (χ2v) is 9.03. The largest absolute Gasteiger partial charge is 0.491 e. The fourth-order valence-electron chi connectivity index (χ4n) is 3.72. The van der Waals surface area contributed by atoms with Crippen molar-refractivity contribution in [2.45, 2.75) is 52.7 Å². The number of nitrogens with zero attached hydrogens (tertiary/aromatic N) is 2. The second kappa shape index (κ2) is 7.99. The topological polar surface area (TPSA) is 73.2 Å². The zero-order chi connectivity index (χ0) is 20.5. The van der Waals surface area contributed by atoms with Gasteiger partial charge in [0.05, 0.1) is 17.8 Å². The number of carbonyl (C=O) groups excluding carboxylic acids is 1. The predicted molar refractivity (Wildman–Crippen MR) is 116 cm³/mol. The smallest absolute Gasteiger partial charge is 0.262 e. The van der Waals surface area contributed by atoms with Gasteiger partial charge >= 0.3 is 0 Å². The monoisotopic (exact) mass is 411 g/mol. The van der Waals surface area contributed by atoms with Gasteiger partial charge in [0, 0.05) is 10.6 Å². The van der Waals surface area contributed by atoms with Crippen LogP contribution in [0.1, 0.15) is 37.6 Å². The van der Waals surface area contributed by atoms with E-state index >= 15 is 0 Å². The average molecular weight is 412 g/mol. The van der Waals surface area contributed by atoms with Gasteiger partial charge in [-0.1, -0.05) is 6.92 Å². The van der Waals surface area contributed by atoms with Crippen LogP contribution in [0.4, 0.5) is 5.69 Å². The highest BCUT2D eigenvalue weighted by atomic mass is 32.1. The summed E-state index contributed by atoms with van der Waals surface area (Å²) in [5, 5.41) is 3.53. The number of anilines is 1. The lowest BCUT2D eigenvalue weighted by Crippen LogP contribution is -2.28. The highest BCUT2D eigenvalue weighted by Crippen LogP contribution is 2.35. The number of hydrogen-bond acceptors (Lipinski definition) is 5. The number of ether oxygens (including phenoxy) is 1. The van der Waals surface area contributed by atoms with E-state index in [9.17, 15) is 9.59 Å². The molecule has 1 N–H and O–H groups in total. The number of aryl methyl sites for hydroxylation is 1. The standard InChI is InChI=1S/C22H25N3O3S/c1-13(2)28-16-7-5-15(6-8-16)24-19(26)11-25-12-23-21-20(22(25)27)17-9-4-14(3)10-18(17)29-21/h5-8,12-14H,4,9-11H2,1-3H3,(H,24,26)/t14-/m0/s1. The molecule has 0 fully saturated rings. The van der Waals surface area contributed by atoms with E-state index in [2.05, 4.69) is 17.2 Å². The number of nitrogens with one attached hydrogen (secondary N) is 1. The molecule has 3 aromatic rings. The Kier molecular flexibility index (Phi) is 5.41. The van der Waals surface area contributed by atoms with E-state index in [1.165, 1.54) is 15.8 Å². The maximum atomic E-state index is 13.0. The van der Waals surface area contributed by atoms with E-state index in [4.69, 9.17) is 4.74 Å². The van der Waals surface area contributed by atoms with E-state index in [-0.39, 0.29) is 24.1 Å². The molecule has 0 unspecified atom stereocenters. The van der Waals surface area contributed by atoms with Crippen molar-refractivity contribution in [3.05, 3.63) is 51.4 Å². The minimum Gasteiger partial charge on any atom is -0.491 e. The molecule has 7 heteroatoms. The fourth-order valence-corrected chi connectivity index (χ4v) is 5.06. The summed E-state index contributed by atoms with van der Waals surface area (Å²) in [6, 6.07) is 7.20. The first-order chi connectivity index (χ1) is 13.9. The number of aromatic nitrogens is 2. The number of hydrogen-bond donors (Lipinski definition) is 1. The predicted octanol–water partition coefficient (Wildman–Crippen LogP) is 4.01. The van der Waals surface area contributed by atoms with Crippen LogP contribution in [0, 0.1) is 5.92 Å². The molecular formula is C22H25N3O3S. The normalized spacial score (nSPS) is 16.1. The quantitative estimate of drug-likeness (QED) is 0.688. The van der Waals surface area contributed by atoms with Crippen LogP contribution in [0.5, 0.6) is 5.75 Å². The zero-order valence-electron chi connectivity index (χ0n) is 16.9. The molecule has 2 heterocycles. The molecule has 6 nitrogen and oxygen atoms in total. The Morgan fingerprint density at radius 2 is 2.10 bits per heavy atom. The summed E-state index contributed by atoms with van der Waals surface area (Å²) in [4.78, 5) is 32.0. The Balaban J connectivity index is 1.51. The van der Waals surface area contributed by atoms with Crippen molar-refractivity contribution in [1.29, 1.82) is 0 Å². The molecule has 2 aromatic heterocycles. The van der Waals surface area contributed by atoms with E-state index in [0.717, 1.165) is 35.4 Å². The molecule has 1 atom stereocenters. The molecule has 152 valence electrons. The summed E-state index contributed by atoms with van der Waals surface area (Å²) >= 11 is 1.62. The molecule has 1 aliphatic carbocycles. The molecule has 1 aromatic carbocycles. The molecule has 0 saturated heterocycles. The van der Waals surface area contributed by atoms with Crippen LogP contribution in [0.25, 0.3) is 10.2 Å². The van der Waals surface area contributed by atoms with E-state index in [1.54, 1.807) is 23.5 Å². The van der Waals surface area contributed by atoms with Crippen LogP contribution >= 0.6 is 11.3 Å². The van der Waals surface area contributed by atoms with Gasteiger partial charge in [-0.3, -0.25) is 14.2 Å². The van der Waals surface area contributed by atoms with Crippen molar-refractivity contribution in [3.63, 3.8) is 0 Å². The Bertz CT molecular complexity index is 1100. The average Bonchev–Trinajstić information content (AvgIpc) is 3.03. The zero-order valence-corrected chi connectivity index (χ0v) is 17.7. The first kappa shape index (κ1) is 19.6. The van der Waals surface area contributed by atoms with Crippen LogP contribution in [-0.4, -0.2) is 21.6 Å². The lowest BCUT2D eigenvalue weighted by atomic mass is 9.89. The number of carbonyl (C=O) groups is 1. The van der Waals surface area contributed by atoms with Crippen LogP contribution in [-0.2, 0) is 24.2 Å². The molecule has 4 rings (SSSR count).